The molecule has 0 aromatic rings. The summed E-state index contributed by atoms with van der Waals surface area (Å²) < 4.78 is 0. The van der Waals surface area contributed by atoms with E-state index in [4.69, 9.17) is 0 Å². The average molecular weight is 282 g/mol. The molecular formula is C21H30. The molecule has 0 heteroatoms. The highest BCUT2D eigenvalue weighted by molar-refractivity contribution is 5.17. The van der Waals surface area contributed by atoms with Gasteiger partial charge >= 0.3 is 0 Å². The van der Waals surface area contributed by atoms with Gasteiger partial charge in [-0.15, -0.1) is 0 Å². The van der Waals surface area contributed by atoms with E-state index in [0.717, 1.165) is 29.6 Å². The van der Waals surface area contributed by atoms with Crippen molar-refractivity contribution in [2.24, 2.45) is 35.5 Å². The topological polar surface area (TPSA) is 0 Å². The van der Waals surface area contributed by atoms with Crippen LogP contribution < -0.4 is 0 Å². The fraction of sp³-hybridized carbons (Fsp3) is 0.619. The van der Waals surface area contributed by atoms with Crippen molar-refractivity contribution in [1.82, 2.24) is 0 Å². The quantitative estimate of drug-likeness (QED) is 0.585. The Morgan fingerprint density at radius 2 is 1.71 bits per heavy atom. The molecule has 3 aliphatic rings. The molecule has 1 fully saturated rings. The van der Waals surface area contributed by atoms with Crippen LogP contribution in [0.15, 0.2) is 48.6 Å². The maximum Gasteiger partial charge on any atom is -0.0139 e. The lowest BCUT2D eigenvalue weighted by atomic mass is 9.77. The first-order valence-corrected chi connectivity index (χ1v) is 8.95. The molecule has 6 atom stereocenters. The van der Waals surface area contributed by atoms with Gasteiger partial charge < -0.3 is 0 Å². The van der Waals surface area contributed by atoms with Gasteiger partial charge in [0.15, 0.2) is 0 Å². The number of hydrogen-bond donors (Lipinski definition) is 0. The van der Waals surface area contributed by atoms with Crippen LogP contribution in [0.5, 0.6) is 0 Å². The predicted octanol–water partition coefficient (Wildman–Crippen LogP) is 5.94. The van der Waals surface area contributed by atoms with Crippen LogP contribution in [0.1, 0.15) is 46.0 Å². The van der Waals surface area contributed by atoms with Gasteiger partial charge in [0.2, 0.25) is 0 Å². The van der Waals surface area contributed by atoms with Crippen LogP contribution in [-0.4, -0.2) is 0 Å². The van der Waals surface area contributed by atoms with Gasteiger partial charge in [-0.25, -0.2) is 0 Å². The molecule has 1 saturated carbocycles. The van der Waals surface area contributed by atoms with Crippen molar-refractivity contribution in [3.05, 3.63) is 48.6 Å². The maximum atomic E-state index is 2.47. The second-order valence-electron chi connectivity index (χ2n) is 7.46. The standard InChI is InChI=1S/C21H30/c1-16-8-3-5-12-20(16)17(2)9-7-11-19-15-14-18-10-4-6-13-21(18)19/h3-6,8,10,12-13,16-21H,7,9,11,14-15H2,1-2H3. The first-order valence-electron chi connectivity index (χ1n) is 8.95. The van der Waals surface area contributed by atoms with Gasteiger partial charge in [-0.2, -0.15) is 0 Å². The first kappa shape index (κ1) is 14.9. The smallest absolute Gasteiger partial charge is 0.0139 e. The van der Waals surface area contributed by atoms with Crippen molar-refractivity contribution < 1.29 is 0 Å². The van der Waals surface area contributed by atoms with E-state index in [9.17, 15) is 0 Å². The van der Waals surface area contributed by atoms with Crippen LogP contribution in [0.3, 0.4) is 0 Å². The van der Waals surface area contributed by atoms with E-state index >= 15 is 0 Å². The van der Waals surface area contributed by atoms with Gasteiger partial charge in [0.25, 0.3) is 0 Å². The lowest BCUT2D eigenvalue weighted by molar-refractivity contribution is 0.306. The summed E-state index contributed by atoms with van der Waals surface area (Å²) in [6, 6.07) is 0. The number of hydrogen-bond acceptors (Lipinski definition) is 0. The van der Waals surface area contributed by atoms with Crippen molar-refractivity contribution in [1.29, 1.82) is 0 Å². The van der Waals surface area contributed by atoms with Gasteiger partial charge in [-0.05, 0) is 54.8 Å². The Labute approximate surface area is 130 Å². The highest BCUT2D eigenvalue weighted by Crippen LogP contribution is 2.43. The molecular weight excluding hydrogens is 252 g/mol. The molecule has 114 valence electrons. The molecule has 3 aliphatic carbocycles. The minimum absolute atomic E-state index is 0.715. The summed E-state index contributed by atoms with van der Waals surface area (Å²) in [7, 11) is 0. The number of rotatable bonds is 5. The molecule has 0 amide bonds. The zero-order valence-corrected chi connectivity index (χ0v) is 13.6. The Kier molecular flexibility index (Phi) is 4.83. The number of fused-ring (bicyclic) bond motifs is 1. The Hall–Kier alpha value is -1.04. The molecule has 0 N–H and O–H groups in total. The van der Waals surface area contributed by atoms with Gasteiger partial charge in [-0.3, -0.25) is 0 Å². The van der Waals surface area contributed by atoms with Crippen molar-refractivity contribution >= 4 is 0 Å². The average Bonchev–Trinajstić information content (AvgIpc) is 2.91. The lowest BCUT2D eigenvalue weighted by Gasteiger charge is -2.28. The van der Waals surface area contributed by atoms with Gasteiger partial charge in [-0.1, -0.05) is 75.3 Å². The Morgan fingerprint density at radius 1 is 0.952 bits per heavy atom. The van der Waals surface area contributed by atoms with Crippen molar-refractivity contribution in [2.75, 3.05) is 0 Å². The van der Waals surface area contributed by atoms with E-state index in [-0.39, 0.29) is 0 Å². The van der Waals surface area contributed by atoms with Gasteiger partial charge in [0.05, 0.1) is 0 Å². The van der Waals surface area contributed by atoms with Gasteiger partial charge in [0, 0.05) is 0 Å². The molecule has 0 aromatic carbocycles. The Morgan fingerprint density at radius 3 is 2.57 bits per heavy atom. The van der Waals surface area contributed by atoms with Crippen molar-refractivity contribution in [3.63, 3.8) is 0 Å². The van der Waals surface area contributed by atoms with Crippen LogP contribution in [0.2, 0.25) is 0 Å². The molecule has 0 spiro atoms. The van der Waals surface area contributed by atoms with Crippen molar-refractivity contribution in [3.8, 4) is 0 Å². The first-order chi connectivity index (χ1) is 10.3. The largest absolute Gasteiger partial charge is 0.0811 e. The predicted molar refractivity (Wildman–Crippen MR) is 91.9 cm³/mol. The molecule has 0 saturated heterocycles. The molecule has 0 heterocycles. The van der Waals surface area contributed by atoms with Crippen LogP contribution in [-0.2, 0) is 0 Å². The normalized spacial score (nSPS) is 38.7. The summed E-state index contributed by atoms with van der Waals surface area (Å²) in [5.74, 6) is 4.93. The SMILES string of the molecule is CC1C=CC=CC1C(C)CCCC1CCC2C=CC=CC21. The maximum absolute atomic E-state index is 2.47. The third-order valence-corrected chi connectivity index (χ3v) is 6.07. The van der Waals surface area contributed by atoms with Crippen LogP contribution in [0.25, 0.3) is 0 Å². The zero-order valence-electron chi connectivity index (χ0n) is 13.6. The second-order valence-corrected chi connectivity index (χ2v) is 7.46. The Bertz CT molecular complexity index is 451. The van der Waals surface area contributed by atoms with E-state index in [1.54, 1.807) is 0 Å². The molecule has 0 aliphatic heterocycles. The molecule has 0 bridgehead atoms. The molecule has 6 unspecified atom stereocenters. The van der Waals surface area contributed by atoms with E-state index in [2.05, 4.69) is 62.5 Å². The van der Waals surface area contributed by atoms with E-state index in [0.29, 0.717) is 5.92 Å². The summed E-state index contributed by atoms with van der Waals surface area (Å²) in [5, 5.41) is 0. The minimum atomic E-state index is 0.715. The van der Waals surface area contributed by atoms with E-state index in [1.807, 2.05) is 0 Å². The molecule has 0 nitrogen and oxygen atoms in total. The lowest BCUT2D eigenvalue weighted by Crippen LogP contribution is -2.18. The summed E-state index contributed by atoms with van der Waals surface area (Å²) in [5.41, 5.74) is 0. The van der Waals surface area contributed by atoms with Crippen molar-refractivity contribution in [2.45, 2.75) is 46.0 Å². The van der Waals surface area contributed by atoms with Crippen LogP contribution in [0, 0.1) is 35.5 Å². The Balaban J connectivity index is 1.44. The summed E-state index contributed by atoms with van der Waals surface area (Å²) in [6.45, 7) is 4.81. The molecule has 0 radical (unpaired) electrons. The fourth-order valence-electron chi connectivity index (χ4n) is 4.74. The van der Waals surface area contributed by atoms with E-state index < -0.39 is 0 Å². The zero-order chi connectivity index (χ0) is 14.7. The molecule has 3 rings (SSSR count). The third-order valence-electron chi connectivity index (χ3n) is 6.07. The highest BCUT2D eigenvalue weighted by Gasteiger charge is 2.33. The van der Waals surface area contributed by atoms with Gasteiger partial charge in [0.1, 0.15) is 0 Å². The second kappa shape index (κ2) is 6.81. The summed E-state index contributed by atoms with van der Waals surface area (Å²) in [6.07, 6.45) is 25.8. The summed E-state index contributed by atoms with van der Waals surface area (Å²) in [4.78, 5) is 0. The van der Waals surface area contributed by atoms with E-state index in [1.165, 1.54) is 32.1 Å². The summed E-state index contributed by atoms with van der Waals surface area (Å²) >= 11 is 0. The molecule has 21 heavy (non-hydrogen) atoms. The minimum Gasteiger partial charge on any atom is -0.0811 e. The van der Waals surface area contributed by atoms with Crippen LogP contribution >= 0.6 is 0 Å². The fourth-order valence-corrected chi connectivity index (χ4v) is 4.74. The molecule has 0 aromatic heterocycles. The third kappa shape index (κ3) is 3.42. The monoisotopic (exact) mass is 282 g/mol. The number of allylic oxidation sites excluding steroid dienone is 8. The van der Waals surface area contributed by atoms with Crippen LogP contribution in [0.4, 0.5) is 0 Å². The highest BCUT2D eigenvalue weighted by atomic mass is 14.4.